The average molecular weight is 254 g/mol. The van der Waals surface area contributed by atoms with Gasteiger partial charge in [0, 0.05) is 24.6 Å². The fourth-order valence-corrected chi connectivity index (χ4v) is 1.53. The molecule has 0 heterocycles. The Morgan fingerprint density at radius 3 is 2.67 bits per heavy atom. The smallest absolute Gasteiger partial charge is 0.224 e. The summed E-state index contributed by atoms with van der Waals surface area (Å²) in [4.78, 5) is 22.2. The lowest BCUT2D eigenvalue weighted by atomic mass is 10.0. The van der Waals surface area contributed by atoms with Gasteiger partial charge in [0.25, 0.3) is 0 Å². The number of benzene rings is 1. The average Bonchev–Trinajstić information content (AvgIpc) is 2.21. The van der Waals surface area contributed by atoms with E-state index >= 15 is 0 Å². The number of aromatic hydroxyl groups is 1. The normalized spacial score (nSPS) is 11.9. The molecule has 0 radical (unpaired) electrons. The largest absolute Gasteiger partial charge is 0.505 e. The number of phenols is 1. The van der Waals surface area contributed by atoms with Crippen LogP contribution in [0, 0.1) is 11.7 Å². The van der Waals surface area contributed by atoms with Crippen LogP contribution in [-0.4, -0.2) is 16.9 Å². The summed E-state index contributed by atoms with van der Waals surface area (Å²) in [7, 11) is 0. The Bertz CT molecular complexity index is 463. The zero-order valence-corrected chi connectivity index (χ0v) is 9.94. The second kappa shape index (κ2) is 6.00. The minimum Gasteiger partial charge on any atom is -0.505 e. The number of amides is 2. The van der Waals surface area contributed by atoms with Crippen molar-refractivity contribution in [1.82, 2.24) is 0 Å². The molecule has 2 amide bonds. The van der Waals surface area contributed by atoms with Crippen molar-refractivity contribution in [3.63, 3.8) is 0 Å². The van der Waals surface area contributed by atoms with Gasteiger partial charge in [-0.2, -0.15) is 0 Å². The van der Waals surface area contributed by atoms with Crippen LogP contribution in [0.1, 0.15) is 19.8 Å². The van der Waals surface area contributed by atoms with Crippen LogP contribution in [0.4, 0.5) is 10.1 Å². The minimum absolute atomic E-state index is 0.117. The maximum atomic E-state index is 13.0. The van der Waals surface area contributed by atoms with E-state index in [1.807, 2.05) is 0 Å². The number of nitrogens with one attached hydrogen (secondary N) is 1. The minimum atomic E-state index is -0.807. The Labute approximate surface area is 104 Å². The highest BCUT2D eigenvalue weighted by atomic mass is 19.1. The molecule has 1 aromatic rings. The van der Waals surface area contributed by atoms with E-state index in [2.05, 4.69) is 5.32 Å². The van der Waals surface area contributed by atoms with Crippen molar-refractivity contribution in [3.05, 3.63) is 24.0 Å². The zero-order valence-electron chi connectivity index (χ0n) is 9.94. The molecule has 0 aromatic heterocycles. The molecule has 4 N–H and O–H groups in total. The maximum Gasteiger partial charge on any atom is 0.224 e. The summed E-state index contributed by atoms with van der Waals surface area (Å²) in [6.45, 7) is 1.72. The highest BCUT2D eigenvalue weighted by molar-refractivity contribution is 5.91. The van der Waals surface area contributed by atoms with Crippen LogP contribution < -0.4 is 11.1 Å². The molecule has 0 fully saturated rings. The molecule has 1 aromatic carbocycles. The van der Waals surface area contributed by atoms with Crippen molar-refractivity contribution in [2.24, 2.45) is 11.7 Å². The Morgan fingerprint density at radius 1 is 1.44 bits per heavy atom. The fraction of sp³-hybridized carbons (Fsp3) is 0.333. The van der Waals surface area contributed by atoms with Crippen molar-refractivity contribution in [3.8, 4) is 5.75 Å². The number of nitrogens with two attached hydrogens (primary N) is 1. The number of phenolic OH excluding ortho intramolecular Hbond substituents is 1. The molecular weight excluding hydrogens is 239 g/mol. The van der Waals surface area contributed by atoms with Gasteiger partial charge < -0.3 is 16.2 Å². The van der Waals surface area contributed by atoms with E-state index in [-0.39, 0.29) is 30.4 Å². The Hall–Kier alpha value is -2.11. The van der Waals surface area contributed by atoms with Crippen LogP contribution >= 0.6 is 0 Å². The van der Waals surface area contributed by atoms with Crippen LogP contribution in [0.2, 0.25) is 0 Å². The molecule has 1 rings (SSSR count). The van der Waals surface area contributed by atoms with E-state index in [1.54, 1.807) is 6.92 Å². The first kappa shape index (κ1) is 14.0. The number of rotatable bonds is 5. The molecule has 0 aliphatic rings. The number of hydrogen-bond acceptors (Lipinski definition) is 3. The van der Waals surface area contributed by atoms with Gasteiger partial charge in [-0.25, -0.2) is 4.39 Å². The predicted molar refractivity (Wildman–Crippen MR) is 64.3 cm³/mol. The summed E-state index contributed by atoms with van der Waals surface area (Å²) in [5.41, 5.74) is 5.26. The summed E-state index contributed by atoms with van der Waals surface area (Å²) < 4.78 is 13.0. The van der Waals surface area contributed by atoms with Gasteiger partial charge >= 0.3 is 0 Å². The summed E-state index contributed by atoms with van der Waals surface area (Å²) in [5, 5.41) is 11.5. The Kier molecular flexibility index (Phi) is 4.65. The van der Waals surface area contributed by atoms with E-state index in [0.717, 1.165) is 12.1 Å². The van der Waals surface area contributed by atoms with Gasteiger partial charge in [-0.1, -0.05) is 6.92 Å². The Morgan fingerprint density at radius 2 is 2.11 bits per heavy atom. The molecule has 6 heteroatoms. The topological polar surface area (TPSA) is 92.4 Å². The highest BCUT2D eigenvalue weighted by Crippen LogP contribution is 2.20. The fourth-order valence-electron chi connectivity index (χ4n) is 1.53. The van der Waals surface area contributed by atoms with Crippen molar-refractivity contribution in [1.29, 1.82) is 0 Å². The Balaban J connectivity index is 2.54. The van der Waals surface area contributed by atoms with Gasteiger partial charge in [-0.3, -0.25) is 9.59 Å². The monoisotopic (exact) mass is 254 g/mol. The molecule has 0 aliphatic carbocycles. The van der Waals surface area contributed by atoms with Crippen LogP contribution in [0.3, 0.4) is 0 Å². The predicted octanol–water partition coefficient (Wildman–Crippen LogP) is 1.37. The van der Waals surface area contributed by atoms with Crippen LogP contribution in [0.15, 0.2) is 18.2 Å². The summed E-state index contributed by atoms with van der Waals surface area (Å²) in [5.74, 6) is -2.27. The van der Waals surface area contributed by atoms with E-state index < -0.39 is 17.5 Å². The quantitative estimate of drug-likeness (QED) is 0.693. The van der Waals surface area contributed by atoms with Crippen LogP contribution in [0.25, 0.3) is 0 Å². The molecule has 0 saturated carbocycles. The highest BCUT2D eigenvalue weighted by Gasteiger charge is 2.12. The third-order valence-electron chi connectivity index (χ3n) is 2.31. The summed E-state index contributed by atoms with van der Waals surface area (Å²) in [6, 6.07) is 3.55. The molecule has 0 saturated heterocycles. The number of anilines is 1. The molecule has 1 atom stereocenters. The number of hydrogen-bond donors (Lipinski definition) is 3. The maximum absolute atomic E-state index is 13.0. The van der Waals surface area contributed by atoms with Gasteiger partial charge in [-0.05, 0) is 18.1 Å². The lowest BCUT2D eigenvalue weighted by molar-refractivity contribution is -0.119. The van der Waals surface area contributed by atoms with Crippen molar-refractivity contribution >= 4 is 17.5 Å². The standard InChI is InChI=1S/C12H15FN2O3/c1-7(4-11(14)17)5-12(18)15-8-2-3-10(16)9(13)6-8/h2-3,6-7,16H,4-5H2,1H3,(H2,14,17)(H,15,18)/t7-/m1/s1. The third kappa shape index (κ3) is 4.40. The second-order valence-electron chi connectivity index (χ2n) is 4.19. The van der Waals surface area contributed by atoms with E-state index in [0.29, 0.717) is 0 Å². The molecule has 5 nitrogen and oxygen atoms in total. The van der Waals surface area contributed by atoms with E-state index in [4.69, 9.17) is 10.8 Å². The first-order valence-corrected chi connectivity index (χ1v) is 5.45. The number of carbonyl (C=O) groups excluding carboxylic acids is 2. The van der Waals surface area contributed by atoms with Gasteiger partial charge in [0.2, 0.25) is 11.8 Å². The molecule has 98 valence electrons. The van der Waals surface area contributed by atoms with E-state index in [9.17, 15) is 14.0 Å². The first-order chi connectivity index (χ1) is 8.38. The lowest BCUT2D eigenvalue weighted by Gasteiger charge is -2.10. The van der Waals surface area contributed by atoms with Crippen molar-refractivity contribution < 1.29 is 19.1 Å². The number of carbonyl (C=O) groups is 2. The second-order valence-corrected chi connectivity index (χ2v) is 4.19. The summed E-state index contributed by atoms with van der Waals surface area (Å²) >= 11 is 0. The first-order valence-electron chi connectivity index (χ1n) is 5.45. The van der Waals surface area contributed by atoms with Crippen LogP contribution in [0.5, 0.6) is 5.75 Å². The molecule has 0 unspecified atom stereocenters. The number of primary amides is 1. The van der Waals surface area contributed by atoms with Crippen molar-refractivity contribution in [2.45, 2.75) is 19.8 Å². The van der Waals surface area contributed by atoms with Gasteiger partial charge in [0.1, 0.15) is 0 Å². The van der Waals surface area contributed by atoms with Gasteiger partial charge in [0.15, 0.2) is 11.6 Å². The SMILES string of the molecule is C[C@H](CC(N)=O)CC(=O)Nc1ccc(O)c(F)c1. The molecule has 0 aliphatic heterocycles. The zero-order chi connectivity index (χ0) is 13.7. The number of halogens is 1. The third-order valence-corrected chi connectivity index (χ3v) is 2.31. The lowest BCUT2D eigenvalue weighted by Crippen LogP contribution is -2.20. The molecular formula is C12H15FN2O3. The molecule has 0 spiro atoms. The molecule has 0 bridgehead atoms. The summed E-state index contributed by atoms with van der Waals surface area (Å²) in [6.07, 6.45) is 0.239. The van der Waals surface area contributed by atoms with E-state index in [1.165, 1.54) is 6.07 Å². The van der Waals surface area contributed by atoms with Gasteiger partial charge in [-0.15, -0.1) is 0 Å². The molecule has 18 heavy (non-hydrogen) atoms. The van der Waals surface area contributed by atoms with Gasteiger partial charge in [0.05, 0.1) is 0 Å². The van der Waals surface area contributed by atoms with Crippen LogP contribution in [-0.2, 0) is 9.59 Å². The van der Waals surface area contributed by atoms with Crippen molar-refractivity contribution in [2.75, 3.05) is 5.32 Å².